The molecule has 3 N–H and O–H groups in total. The smallest absolute Gasteiger partial charge is 0.358 e. The summed E-state index contributed by atoms with van der Waals surface area (Å²) < 4.78 is 0. The SMILES string of the molecule is CCNCc1n[nH]nc1C(=O)O. The third-order valence-corrected chi connectivity index (χ3v) is 1.37. The van der Waals surface area contributed by atoms with Crippen molar-refractivity contribution >= 4 is 5.97 Å². The van der Waals surface area contributed by atoms with E-state index in [1.54, 1.807) is 0 Å². The Morgan fingerprint density at radius 1 is 1.67 bits per heavy atom. The summed E-state index contributed by atoms with van der Waals surface area (Å²) in [7, 11) is 0. The van der Waals surface area contributed by atoms with Crippen LogP contribution >= 0.6 is 0 Å². The summed E-state index contributed by atoms with van der Waals surface area (Å²) in [6.45, 7) is 3.13. The number of hydrogen-bond acceptors (Lipinski definition) is 4. The molecule has 1 heterocycles. The number of carboxylic acid groups (broad SMARTS) is 1. The minimum absolute atomic E-state index is 0.0176. The van der Waals surface area contributed by atoms with Crippen molar-refractivity contribution in [3.63, 3.8) is 0 Å². The molecule has 12 heavy (non-hydrogen) atoms. The quantitative estimate of drug-likeness (QED) is 0.572. The van der Waals surface area contributed by atoms with Crippen molar-refractivity contribution in [3.05, 3.63) is 11.4 Å². The summed E-state index contributed by atoms with van der Waals surface area (Å²) in [5.41, 5.74) is 0.417. The molecule has 1 rings (SSSR count). The van der Waals surface area contributed by atoms with E-state index in [-0.39, 0.29) is 5.69 Å². The zero-order valence-corrected chi connectivity index (χ0v) is 6.66. The van der Waals surface area contributed by atoms with E-state index in [0.717, 1.165) is 6.54 Å². The normalized spacial score (nSPS) is 10.1. The third-order valence-electron chi connectivity index (χ3n) is 1.37. The minimum atomic E-state index is -1.06. The van der Waals surface area contributed by atoms with Gasteiger partial charge in [-0.15, -0.1) is 5.10 Å². The topological polar surface area (TPSA) is 90.9 Å². The number of aromatic carboxylic acids is 1. The average Bonchev–Trinajstić information content (AvgIpc) is 2.48. The molecule has 0 radical (unpaired) electrons. The molecule has 0 amide bonds. The van der Waals surface area contributed by atoms with Crippen molar-refractivity contribution in [2.45, 2.75) is 13.5 Å². The van der Waals surface area contributed by atoms with E-state index < -0.39 is 5.97 Å². The molecule has 6 heteroatoms. The number of H-pyrrole nitrogens is 1. The Bertz CT molecular complexity index is 270. The monoisotopic (exact) mass is 170 g/mol. The fourth-order valence-corrected chi connectivity index (χ4v) is 0.791. The van der Waals surface area contributed by atoms with Crippen LogP contribution in [0.4, 0.5) is 0 Å². The first-order valence-electron chi connectivity index (χ1n) is 3.59. The Hall–Kier alpha value is -1.43. The minimum Gasteiger partial charge on any atom is -0.476 e. The summed E-state index contributed by atoms with van der Waals surface area (Å²) in [6, 6.07) is 0. The Labute approximate surface area is 69.0 Å². The molecule has 1 aromatic rings. The lowest BCUT2D eigenvalue weighted by Gasteiger charge is -1.96. The van der Waals surface area contributed by atoms with Gasteiger partial charge in [0.2, 0.25) is 0 Å². The van der Waals surface area contributed by atoms with Gasteiger partial charge in [-0.25, -0.2) is 4.79 Å². The van der Waals surface area contributed by atoms with Crippen LogP contribution in [0.2, 0.25) is 0 Å². The Morgan fingerprint density at radius 3 is 3.00 bits per heavy atom. The van der Waals surface area contributed by atoms with E-state index in [2.05, 4.69) is 20.7 Å². The van der Waals surface area contributed by atoms with Crippen molar-refractivity contribution in [2.24, 2.45) is 0 Å². The number of nitrogens with zero attached hydrogens (tertiary/aromatic N) is 2. The summed E-state index contributed by atoms with van der Waals surface area (Å²) in [4.78, 5) is 10.5. The van der Waals surface area contributed by atoms with E-state index in [1.807, 2.05) is 6.92 Å². The molecule has 0 aliphatic rings. The molecule has 1 aromatic heterocycles. The van der Waals surface area contributed by atoms with Crippen molar-refractivity contribution in [2.75, 3.05) is 6.54 Å². The van der Waals surface area contributed by atoms with Gasteiger partial charge in [0.1, 0.15) is 5.69 Å². The second-order valence-corrected chi connectivity index (χ2v) is 2.20. The van der Waals surface area contributed by atoms with Gasteiger partial charge in [0, 0.05) is 6.54 Å². The number of hydrogen-bond donors (Lipinski definition) is 3. The number of rotatable bonds is 4. The van der Waals surface area contributed by atoms with Gasteiger partial charge < -0.3 is 10.4 Å². The van der Waals surface area contributed by atoms with Crippen LogP contribution in [0.1, 0.15) is 23.1 Å². The van der Waals surface area contributed by atoms with Gasteiger partial charge in [0.05, 0.1) is 0 Å². The summed E-state index contributed by atoms with van der Waals surface area (Å²) in [5, 5.41) is 21.0. The van der Waals surface area contributed by atoms with Gasteiger partial charge in [-0.2, -0.15) is 10.3 Å². The zero-order valence-electron chi connectivity index (χ0n) is 6.66. The van der Waals surface area contributed by atoms with Crippen molar-refractivity contribution in [1.82, 2.24) is 20.7 Å². The van der Waals surface area contributed by atoms with Gasteiger partial charge in [-0.1, -0.05) is 6.92 Å². The molecule has 0 saturated heterocycles. The van der Waals surface area contributed by atoms with Crippen LogP contribution in [0.3, 0.4) is 0 Å². The van der Waals surface area contributed by atoms with Crippen molar-refractivity contribution < 1.29 is 9.90 Å². The van der Waals surface area contributed by atoms with Gasteiger partial charge in [-0.3, -0.25) is 0 Å². The molecular formula is C6H10N4O2. The molecular weight excluding hydrogens is 160 g/mol. The fraction of sp³-hybridized carbons (Fsp3) is 0.500. The van der Waals surface area contributed by atoms with Crippen molar-refractivity contribution in [1.29, 1.82) is 0 Å². The van der Waals surface area contributed by atoms with Gasteiger partial charge in [0.15, 0.2) is 5.69 Å². The fourth-order valence-electron chi connectivity index (χ4n) is 0.791. The maximum absolute atomic E-state index is 10.5. The van der Waals surface area contributed by atoms with Crippen LogP contribution in [0.5, 0.6) is 0 Å². The summed E-state index contributed by atoms with van der Waals surface area (Å²) >= 11 is 0. The summed E-state index contributed by atoms with van der Waals surface area (Å²) in [6.07, 6.45) is 0. The highest BCUT2D eigenvalue weighted by Crippen LogP contribution is 1.99. The largest absolute Gasteiger partial charge is 0.476 e. The molecule has 66 valence electrons. The molecule has 0 bridgehead atoms. The second kappa shape index (κ2) is 3.82. The third kappa shape index (κ3) is 1.79. The predicted octanol–water partition coefficient (Wildman–Crippen LogP) is -0.388. The van der Waals surface area contributed by atoms with E-state index in [9.17, 15) is 4.79 Å². The molecule has 0 spiro atoms. The highest BCUT2D eigenvalue weighted by atomic mass is 16.4. The first-order valence-corrected chi connectivity index (χ1v) is 3.59. The van der Waals surface area contributed by atoms with Crippen molar-refractivity contribution in [3.8, 4) is 0 Å². The maximum Gasteiger partial charge on any atom is 0.358 e. The van der Waals surface area contributed by atoms with Crippen LogP contribution in [0.25, 0.3) is 0 Å². The van der Waals surface area contributed by atoms with Crippen LogP contribution in [-0.4, -0.2) is 33.0 Å². The van der Waals surface area contributed by atoms with Gasteiger partial charge in [-0.05, 0) is 6.54 Å². The second-order valence-electron chi connectivity index (χ2n) is 2.20. The lowest BCUT2D eigenvalue weighted by Crippen LogP contribution is -2.14. The standard InChI is InChI=1S/C6H10N4O2/c1-2-7-3-4-5(6(11)12)9-10-8-4/h7H,2-3H2,1H3,(H,11,12)(H,8,9,10). The van der Waals surface area contributed by atoms with Crippen LogP contribution < -0.4 is 5.32 Å². The van der Waals surface area contributed by atoms with E-state index in [1.165, 1.54) is 0 Å². The molecule has 0 aromatic carbocycles. The number of carboxylic acids is 1. The maximum atomic E-state index is 10.5. The molecule has 0 fully saturated rings. The lowest BCUT2D eigenvalue weighted by atomic mass is 10.3. The number of aromatic nitrogens is 3. The zero-order chi connectivity index (χ0) is 8.97. The lowest BCUT2D eigenvalue weighted by molar-refractivity contribution is 0.0689. The molecule has 0 saturated carbocycles. The Balaban J connectivity index is 2.70. The number of carbonyl (C=O) groups is 1. The number of nitrogens with one attached hydrogen (secondary N) is 2. The molecule has 0 atom stereocenters. The molecule has 6 nitrogen and oxygen atoms in total. The summed E-state index contributed by atoms with van der Waals surface area (Å²) in [5.74, 6) is -1.06. The first kappa shape index (κ1) is 8.66. The number of aromatic amines is 1. The first-order chi connectivity index (χ1) is 5.75. The molecule has 0 aliphatic carbocycles. The highest BCUT2D eigenvalue weighted by molar-refractivity contribution is 5.86. The Kier molecular flexibility index (Phi) is 2.76. The molecule has 0 unspecified atom stereocenters. The van der Waals surface area contributed by atoms with E-state index >= 15 is 0 Å². The van der Waals surface area contributed by atoms with Crippen LogP contribution in [0.15, 0.2) is 0 Å². The van der Waals surface area contributed by atoms with Crippen LogP contribution in [0, 0.1) is 0 Å². The van der Waals surface area contributed by atoms with E-state index in [0.29, 0.717) is 12.2 Å². The highest BCUT2D eigenvalue weighted by Gasteiger charge is 2.13. The Morgan fingerprint density at radius 2 is 2.42 bits per heavy atom. The average molecular weight is 170 g/mol. The van der Waals surface area contributed by atoms with Gasteiger partial charge >= 0.3 is 5.97 Å². The van der Waals surface area contributed by atoms with Crippen LogP contribution in [-0.2, 0) is 6.54 Å². The predicted molar refractivity (Wildman–Crippen MR) is 40.7 cm³/mol. The molecule has 0 aliphatic heterocycles. The van der Waals surface area contributed by atoms with Gasteiger partial charge in [0.25, 0.3) is 0 Å². The van der Waals surface area contributed by atoms with E-state index in [4.69, 9.17) is 5.11 Å².